The Morgan fingerprint density at radius 1 is 0.545 bits per heavy atom. The predicted octanol–water partition coefficient (Wildman–Crippen LogP) is 4.76. The smallest absolute Gasteiger partial charge is 0.226 e. The van der Waals surface area contributed by atoms with Gasteiger partial charge in [-0.1, -0.05) is 57.8 Å². The van der Waals surface area contributed by atoms with Crippen LogP contribution in [0, 0.1) is 5.92 Å². The second-order valence-electron chi connectivity index (χ2n) is 10.9. The van der Waals surface area contributed by atoms with Crippen LogP contribution >= 0.6 is 0 Å². The molecular weight excluding hydrogens is 414 g/mol. The summed E-state index contributed by atoms with van der Waals surface area (Å²) in [5.74, 6) is -0.539. The van der Waals surface area contributed by atoms with E-state index in [9.17, 15) is 14.4 Å². The molecule has 3 aliphatic rings. The highest BCUT2D eigenvalue weighted by molar-refractivity contribution is 5.90. The van der Waals surface area contributed by atoms with E-state index in [2.05, 4.69) is 0 Å². The van der Waals surface area contributed by atoms with Crippen LogP contribution < -0.4 is 0 Å². The van der Waals surface area contributed by atoms with E-state index in [1.807, 2.05) is 35.8 Å². The van der Waals surface area contributed by atoms with Crippen molar-refractivity contribution < 1.29 is 14.4 Å². The molecule has 6 nitrogen and oxygen atoms in total. The average Bonchev–Trinajstić information content (AvgIpc) is 2.87. The minimum absolute atomic E-state index is 0.0160. The lowest BCUT2D eigenvalue weighted by atomic mass is 9.90. The second kappa shape index (κ2) is 12.8. The predicted molar refractivity (Wildman–Crippen MR) is 132 cm³/mol. The molecule has 0 bridgehead atoms. The van der Waals surface area contributed by atoms with Crippen LogP contribution in [0.15, 0.2) is 0 Å². The minimum Gasteiger partial charge on any atom is -0.343 e. The zero-order valence-electron chi connectivity index (χ0n) is 21.4. The van der Waals surface area contributed by atoms with Gasteiger partial charge in [-0.15, -0.1) is 0 Å². The van der Waals surface area contributed by atoms with E-state index < -0.39 is 5.92 Å². The lowest BCUT2D eigenvalue weighted by Gasteiger charge is -2.36. The van der Waals surface area contributed by atoms with Gasteiger partial charge in [-0.2, -0.15) is 0 Å². The molecule has 3 amide bonds. The molecule has 3 fully saturated rings. The van der Waals surface area contributed by atoms with Crippen molar-refractivity contribution in [1.29, 1.82) is 0 Å². The largest absolute Gasteiger partial charge is 0.343 e. The molecule has 0 aromatic carbocycles. The van der Waals surface area contributed by atoms with Crippen LogP contribution in [0.2, 0.25) is 0 Å². The van der Waals surface area contributed by atoms with Gasteiger partial charge >= 0.3 is 0 Å². The lowest BCUT2D eigenvalue weighted by Crippen LogP contribution is -2.46. The van der Waals surface area contributed by atoms with E-state index in [1.165, 1.54) is 44.9 Å². The highest BCUT2D eigenvalue weighted by atomic mass is 16.2. The van der Waals surface area contributed by atoms with Crippen molar-refractivity contribution in [2.75, 3.05) is 21.1 Å². The van der Waals surface area contributed by atoms with Crippen molar-refractivity contribution in [3.8, 4) is 0 Å². The molecule has 3 aliphatic carbocycles. The Bertz CT molecular complexity index is 611. The van der Waals surface area contributed by atoms with Crippen molar-refractivity contribution in [2.24, 2.45) is 5.92 Å². The van der Waals surface area contributed by atoms with Crippen LogP contribution in [0.25, 0.3) is 0 Å². The van der Waals surface area contributed by atoms with E-state index in [-0.39, 0.29) is 48.7 Å². The van der Waals surface area contributed by atoms with E-state index in [4.69, 9.17) is 0 Å². The molecule has 0 aromatic heterocycles. The molecule has 0 heterocycles. The molecule has 33 heavy (non-hydrogen) atoms. The maximum absolute atomic E-state index is 13.6. The van der Waals surface area contributed by atoms with Gasteiger partial charge in [0.25, 0.3) is 0 Å². The van der Waals surface area contributed by atoms with E-state index in [0.717, 1.165) is 51.4 Å². The molecule has 0 saturated heterocycles. The summed E-state index contributed by atoms with van der Waals surface area (Å²) < 4.78 is 0. The molecule has 188 valence electrons. The third-order valence-electron chi connectivity index (χ3n) is 8.69. The van der Waals surface area contributed by atoms with Crippen LogP contribution in [0.5, 0.6) is 0 Å². The Balaban J connectivity index is 1.67. The Morgan fingerprint density at radius 2 is 0.848 bits per heavy atom. The van der Waals surface area contributed by atoms with Gasteiger partial charge in [-0.05, 0) is 38.5 Å². The first kappa shape index (κ1) is 26.0. The van der Waals surface area contributed by atoms with Gasteiger partial charge in [0.15, 0.2) is 0 Å². The van der Waals surface area contributed by atoms with Crippen molar-refractivity contribution in [2.45, 2.75) is 127 Å². The molecule has 0 N–H and O–H groups in total. The standard InChI is InChI=1S/C27H47N3O3/c1-28(22-13-7-4-8-14-22)25(31)19-21(27(33)30(3)24-17-11-6-12-18-24)20-26(32)29(2)23-15-9-5-10-16-23/h21-24H,4-20H2,1-3H3. The van der Waals surface area contributed by atoms with Crippen molar-refractivity contribution in [3.05, 3.63) is 0 Å². The van der Waals surface area contributed by atoms with Crippen LogP contribution in [-0.4, -0.2) is 71.7 Å². The Morgan fingerprint density at radius 3 is 1.18 bits per heavy atom. The van der Waals surface area contributed by atoms with E-state index in [1.54, 1.807) is 0 Å². The van der Waals surface area contributed by atoms with Gasteiger partial charge in [-0.25, -0.2) is 0 Å². The fourth-order valence-corrected chi connectivity index (χ4v) is 6.24. The van der Waals surface area contributed by atoms with Gasteiger partial charge in [0.05, 0.1) is 5.92 Å². The average molecular weight is 462 g/mol. The van der Waals surface area contributed by atoms with Crippen LogP contribution in [0.1, 0.15) is 109 Å². The number of nitrogens with zero attached hydrogens (tertiary/aromatic N) is 3. The number of hydrogen-bond acceptors (Lipinski definition) is 3. The van der Waals surface area contributed by atoms with Crippen molar-refractivity contribution in [3.63, 3.8) is 0 Å². The quantitative estimate of drug-likeness (QED) is 0.524. The lowest BCUT2D eigenvalue weighted by molar-refractivity contribution is -0.146. The molecule has 0 unspecified atom stereocenters. The van der Waals surface area contributed by atoms with Crippen LogP contribution in [-0.2, 0) is 14.4 Å². The number of hydrogen-bond donors (Lipinski definition) is 0. The molecule has 0 aliphatic heterocycles. The molecule has 0 spiro atoms. The Hall–Kier alpha value is -1.59. The number of rotatable bonds is 8. The highest BCUT2D eigenvalue weighted by Crippen LogP contribution is 2.28. The topological polar surface area (TPSA) is 60.9 Å². The minimum atomic E-state index is -0.561. The first-order chi connectivity index (χ1) is 15.9. The fraction of sp³-hybridized carbons (Fsp3) is 0.889. The summed E-state index contributed by atoms with van der Waals surface area (Å²) in [5, 5.41) is 0. The maximum Gasteiger partial charge on any atom is 0.226 e. The maximum atomic E-state index is 13.6. The first-order valence-electron chi connectivity index (χ1n) is 13.7. The van der Waals surface area contributed by atoms with Gasteiger partial charge in [0, 0.05) is 52.1 Å². The van der Waals surface area contributed by atoms with Gasteiger partial charge in [-0.3, -0.25) is 14.4 Å². The summed E-state index contributed by atoms with van der Waals surface area (Å²) in [7, 11) is 5.66. The molecule has 0 atom stereocenters. The Kier molecular flexibility index (Phi) is 10.1. The third kappa shape index (κ3) is 7.19. The summed E-state index contributed by atoms with van der Waals surface area (Å²) in [4.78, 5) is 45.7. The second-order valence-corrected chi connectivity index (χ2v) is 10.9. The highest BCUT2D eigenvalue weighted by Gasteiger charge is 2.34. The Labute approximate surface area is 201 Å². The normalized spacial score (nSPS) is 21.1. The molecule has 0 radical (unpaired) electrons. The molecule has 6 heteroatoms. The molecule has 0 aromatic rings. The fourth-order valence-electron chi connectivity index (χ4n) is 6.24. The number of carbonyl (C=O) groups excluding carboxylic acids is 3. The SMILES string of the molecule is CN(C(=O)CC(CC(=O)N(C)C1CCCCC1)C(=O)N(C)C1CCCCC1)C1CCCCC1. The zero-order valence-corrected chi connectivity index (χ0v) is 21.4. The summed E-state index contributed by atoms with van der Waals surface area (Å²) in [6, 6.07) is 0.795. The number of amides is 3. The molecule has 3 saturated carbocycles. The molecule has 3 rings (SSSR count). The van der Waals surface area contributed by atoms with Gasteiger partial charge in [0.1, 0.15) is 0 Å². The van der Waals surface area contributed by atoms with E-state index >= 15 is 0 Å². The summed E-state index contributed by atoms with van der Waals surface area (Å²) >= 11 is 0. The summed E-state index contributed by atoms with van der Waals surface area (Å²) in [6.07, 6.45) is 17.2. The van der Waals surface area contributed by atoms with Crippen molar-refractivity contribution in [1.82, 2.24) is 14.7 Å². The van der Waals surface area contributed by atoms with Crippen LogP contribution in [0.4, 0.5) is 0 Å². The third-order valence-corrected chi connectivity index (χ3v) is 8.69. The summed E-state index contributed by atoms with van der Waals surface area (Å²) in [6.45, 7) is 0. The van der Waals surface area contributed by atoms with Crippen LogP contribution in [0.3, 0.4) is 0 Å². The number of carbonyl (C=O) groups is 3. The van der Waals surface area contributed by atoms with Gasteiger partial charge in [0.2, 0.25) is 17.7 Å². The monoisotopic (exact) mass is 461 g/mol. The molecular formula is C27H47N3O3. The van der Waals surface area contributed by atoms with Gasteiger partial charge < -0.3 is 14.7 Å². The summed E-state index contributed by atoms with van der Waals surface area (Å²) in [5.41, 5.74) is 0. The van der Waals surface area contributed by atoms with E-state index in [0.29, 0.717) is 0 Å². The van der Waals surface area contributed by atoms with Crippen molar-refractivity contribution >= 4 is 17.7 Å². The zero-order chi connectivity index (χ0) is 23.8. The first-order valence-corrected chi connectivity index (χ1v) is 13.7.